The van der Waals surface area contributed by atoms with E-state index in [1.165, 1.54) is 23.5 Å². The van der Waals surface area contributed by atoms with E-state index in [1.54, 1.807) is 6.07 Å². The molecule has 0 radical (unpaired) electrons. The van der Waals surface area contributed by atoms with Crippen LogP contribution < -0.4 is 0 Å². The molecule has 0 atom stereocenters. The van der Waals surface area contributed by atoms with Crippen molar-refractivity contribution in [2.45, 2.75) is 0 Å². The van der Waals surface area contributed by atoms with E-state index in [0.717, 1.165) is 19.7 Å². The minimum absolute atomic E-state index is 0.0353. The molecule has 0 saturated heterocycles. The normalized spacial score (nSPS) is 10.9. The molecular formula is C13H8BrNO2S. The van der Waals surface area contributed by atoms with Gasteiger partial charge in [-0.3, -0.25) is 0 Å². The second kappa shape index (κ2) is 4.26. The van der Waals surface area contributed by atoms with Crippen LogP contribution in [0.25, 0.3) is 20.8 Å². The first-order valence-corrected chi connectivity index (χ1v) is 6.83. The highest BCUT2D eigenvalue weighted by Gasteiger charge is 2.11. The molecule has 0 spiro atoms. The molecular weight excluding hydrogens is 314 g/mol. The van der Waals surface area contributed by atoms with Crippen LogP contribution in [0.2, 0.25) is 0 Å². The summed E-state index contributed by atoms with van der Waals surface area (Å²) in [6.45, 7) is 0. The Bertz CT molecular complexity index is 739. The number of aromatic nitrogens is 1. The average molecular weight is 322 g/mol. The molecule has 0 unspecified atom stereocenters. The van der Waals surface area contributed by atoms with Gasteiger partial charge in [-0.1, -0.05) is 15.9 Å². The predicted molar refractivity (Wildman–Crippen MR) is 76.1 cm³/mol. The molecule has 0 aliphatic heterocycles. The van der Waals surface area contributed by atoms with Gasteiger partial charge < -0.3 is 10.2 Å². The van der Waals surface area contributed by atoms with Gasteiger partial charge in [0.25, 0.3) is 0 Å². The Morgan fingerprint density at radius 1 is 1.06 bits per heavy atom. The topological polar surface area (TPSA) is 53.4 Å². The van der Waals surface area contributed by atoms with E-state index in [1.807, 2.05) is 18.2 Å². The van der Waals surface area contributed by atoms with Crippen molar-refractivity contribution < 1.29 is 10.2 Å². The molecule has 3 nitrogen and oxygen atoms in total. The first-order valence-electron chi connectivity index (χ1n) is 5.22. The number of hydrogen-bond acceptors (Lipinski definition) is 4. The average Bonchev–Trinajstić information content (AvgIpc) is 2.71. The molecule has 90 valence electrons. The van der Waals surface area contributed by atoms with Crippen molar-refractivity contribution in [3.05, 3.63) is 40.9 Å². The van der Waals surface area contributed by atoms with Gasteiger partial charge in [0.05, 0.1) is 15.8 Å². The zero-order valence-electron chi connectivity index (χ0n) is 9.09. The van der Waals surface area contributed by atoms with Gasteiger partial charge in [-0.15, -0.1) is 11.3 Å². The number of rotatable bonds is 1. The molecule has 0 saturated carbocycles. The maximum atomic E-state index is 9.82. The van der Waals surface area contributed by atoms with E-state index in [9.17, 15) is 10.2 Å². The number of fused-ring (bicyclic) bond motifs is 1. The van der Waals surface area contributed by atoms with Crippen molar-refractivity contribution in [1.82, 2.24) is 4.98 Å². The molecule has 2 aromatic carbocycles. The Morgan fingerprint density at radius 2 is 1.89 bits per heavy atom. The summed E-state index contributed by atoms with van der Waals surface area (Å²) in [7, 11) is 0. The number of nitrogens with zero attached hydrogens (tertiary/aromatic N) is 1. The Hall–Kier alpha value is -1.59. The van der Waals surface area contributed by atoms with Crippen LogP contribution in [-0.4, -0.2) is 15.2 Å². The first-order chi connectivity index (χ1) is 8.63. The maximum absolute atomic E-state index is 9.82. The largest absolute Gasteiger partial charge is 0.508 e. The Labute approximate surface area is 115 Å². The first kappa shape index (κ1) is 11.5. The summed E-state index contributed by atoms with van der Waals surface area (Å²) in [6, 6.07) is 10.4. The van der Waals surface area contributed by atoms with E-state index in [4.69, 9.17) is 0 Å². The summed E-state index contributed by atoms with van der Waals surface area (Å²) in [6.07, 6.45) is 0. The van der Waals surface area contributed by atoms with E-state index < -0.39 is 0 Å². The molecule has 1 heterocycles. The summed E-state index contributed by atoms with van der Waals surface area (Å²) in [5.74, 6) is 0.0771. The van der Waals surface area contributed by atoms with Gasteiger partial charge in [0.2, 0.25) is 0 Å². The molecule has 18 heavy (non-hydrogen) atoms. The standard InChI is InChI=1S/C13H8BrNO2S/c14-7-1-4-12-10(5-7)15-13(18-12)9-3-2-8(16)6-11(9)17/h1-6,16-17H. The van der Waals surface area contributed by atoms with E-state index in [0.29, 0.717) is 5.56 Å². The van der Waals surface area contributed by atoms with Crippen molar-refractivity contribution in [3.63, 3.8) is 0 Å². The fourth-order valence-electron chi connectivity index (χ4n) is 1.72. The van der Waals surface area contributed by atoms with Gasteiger partial charge in [-0.05, 0) is 30.3 Å². The Morgan fingerprint density at radius 3 is 2.67 bits per heavy atom. The number of aromatic hydroxyl groups is 2. The van der Waals surface area contributed by atoms with Crippen molar-refractivity contribution in [3.8, 4) is 22.1 Å². The molecule has 3 rings (SSSR count). The molecule has 0 amide bonds. The number of benzene rings is 2. The number of thiazole rings is 1. The van der Waals surface area contributed by atoms with E-state index in [-0.39, 0.29) is 11.5 Å². The van der Waals surface area contributed by atoms with Crippen molar-refractivity contribution in [2.75, 3.05) is 0 Å². The van der Waals surface area contributed by atoms with Crippen LogP contribution in [0.3, 0.4) is 0 Å². The van der Waals surface area contributed by atoms with Gasteiger partial charge in [0.15, 0.2) is 0 Å². The Balaban J connectivity index is 2.19. The van der Waals surface area contributed by atoms with Crippen LogP contribution in [0, 0.1) is 0 Å². The number of halogens is 1. The minimum atomic E-state index is 0.0353. The molecule has 0 bridgehead atoms. The van der Waals surface area contributed by atoms with Crippen LogP contribution >= 0.6 is 27.3 Å². The van der Waals surface area contributed by atoms with Crippen LogP contribution in [-0.2, 0) is 0 Å². The summed E-state index contributed by atoms with van der Waals surface area (Å²) in [5.41, 5.74) is 1.52. The summed E-state index contributed by atoms with van der Waals surface area (Å²) >= 11 is 4.91. The lowest BCUT2D eigenvalue weighted by atomic mass is 10.2. The molecule has 0 aliphatic carbocycles. The second-order valence-electron chi connectivity index (χ2n) is 3.83. The molecule has 5 heteroatoms. The highest BCUT2D eigenvalue weighted by molar-refractivity contribution is 9.10. The monoisotopic (exact) mass is 321 g/mol. The Kier molecular flexibility index (Phi) is 2.72. The molecule has 0 aliphatic rings. The lowest BCUT2D eigenvalue weighted by Crippen LogP contribution is -1.77. The fraction of sp³-hybridized carbons (Fsp3) is 0. The van der Waals surface area contributed by atoms with Gasteiger partial charge in [0.1, 0.15) is 16.5 Å². The zero-order chi connectivity index (χ0) is 12.7. The fourth-order valence-corrected chi connectivity index (χ4v) is 3.05. The van der Waals surface area contributed by atoms with E-state index in [2.05, 4.69) is 20.9 Å². The number of hydrogen-bond donors (Lipinski definition) is 2. The van der Waals surface area contributed by atoms with Gasteiger partial charge in [-0.25, -0.2) is 4.98 Å². The third-order valence-corrected chi connectivity index (χ3v) is 4.12. The molecule has 3 aromatic rings. The third-order valence-electron chi connectivity index (χ3n) is 2.56. The van der Waals surface area contributed by atoms with Gasteiger partial charge in [0, 0.05) is 10.5 Å². The highest BCUT2D eigenvalue weighted by Crippen LogP contribution is 2.37. The predicted octanol–water partition coefficient (Wildman–Crippen LogP) is 4.14. The summed E-state index contributed by atoms with van der Waals surface area (Å²) < 4.78 is 2.03. The molecule has 1 aromatic heterocycles. The number of phenolic OH excluding ortho intramolecular Hbond substituents is 2. The molecule has 0 fully saturated rings. The molecule has 2 N–H and O–H groups in total. The summed E-state index contributed by atoms with van der Waals surface area (Å²) in [5, 5.41) is 19.8. The van der Waals surface area contributed by atoms with Crippen LogP contribution in [0.5, 0.6) is 11.5 Å². The second-order valence-corrected chi connectivity index (χ2v) is 5.78. The highest BCUT2D eigenvalue weighted by atomic mass is 79.9. The number of phenols is 2. The van der Waals surface area contributed by atoms with Gasteiger partial charge >= 0.3 is 0 Å². The van der Waals surface area contributed by atoms with E-state index >= 15 is 0 Å². The smallest absolute Gasteiger partial charge is 0.129 e. The van der Waals surface area contributed by atoms with Crippen LogP contribution in [0.4, 0.5) is 0 Å². The lowest BCUT2D eigenvalue weighted by Gasteiger charge is -2.00. The van der Waals surface area contributed by atoms with Crippen molar-refractivity contribution in [2.24, 2.45) is 0 Å². The lowest BCUT2D eigenvalue weighted by molar-refractivity contribution is 0.452. The van der Waals surface area contributed by atoms with Crippen LogP contribution in [0.1, 0.15) is 0 Å². The van der Waals surface area contributed by atoms with Crippen molar-refractivity contribution in [1.29, 1.82) is 0 Å². The van der Waals surface area contributed by atoms with Crippen LogP contribution in [0.15, 0.2) is 40.9 Å². The quantitative estimate of drug-likeness (QED) is 0.708. The summed E-state index contributed by atoms with van der Waals surface area (Å²) in [4.78, 5) is 4.48. The van der Waals surface area contributed by atoms with Gasteiger partial charge in [-0.2, -0.15) is 0 Å². The maximum Gasteiger partial charge on any atom is 0.129 e. The zero-order valence-corrected chi connectivity index (χ0v) is 11.5. The SMILES string of the molecule is Oc1ccc(-c2nc3cc(Br)ccc3s2)c(O)c1. The van der Waals surface area contributed by atoms with Crippen molar-refractivity contribution >= 4 is 37.5 Å². The minimum Gasteiger partial charge on any atom is -0.508 e. The third kappa shape index (κ3) is 1.95.